The van der Waals surface area contributed by atoms with E-state index < -0.39 is 11.7 Å². The van der Waals surface area contributed by atoms with Crippen molar-refractivity contribution in [2.45, 2.75) is 0 Å². The SMILES string of the molecule is O=C1CN(c2ccc(NC(=O)c3ccc(Oc4ccc(Br)cc4)c(F)c3)cn2)CCN1. The molecule has 0 unspecified atom stereocenters. The van der Waals surface area contributed by atoms with E-state index in [0.717, 1.165) is 10.5 Å². The molecule has 0 spiro atoms. The summed E-state index contributed by atoms with van der Waals surface area (Å²) in [7, 11) is 0. The second kappa shape index (κ2) is 9.13. The molecule has 1 aromatic heterocycles. The zero-order valence-electron chi connectivity index (χ0n) is 16.3. The second-order valence-electron chi connectivity index (χ2n) is 6.83. The van der Waals surface area contributed by atoms with E-state index in [-0.39, 0.29) is 23.8 Å². The predicted octanol–water partition coefficient (Wildman–Crippen LogP) is 3.96. The minimum atomic E-state index is -0.646. The van der Waals surface area contributed by atoms with E-state index in [2.05, 4.69) is 31.5 Å². The van der Waals surface area contributed by atoms with E-state index in [0.29, 0.717) is 30.3 Å². The third kappa shape index (κ3) is 5.18. The largest absolute Gasteiger partial charge is 0.454 e. The Kier molecular flexibility index (Phi) is 6.13. The van der Waals surface area contributed by atoms with E-state index in [1.165, 1.54) is 18.3 Å². The number of pyridine rings is 1. The number of hydrogen-bond donors (Lipinski definition) is 2. The predicted molar refractivity (Wildman–Crippen MR) is 118 cm³/mol. The summed E-state index contributed by atoms with van der Waals surface area (Å²) in [5.41, 5.74) is 0.614. The van der Waals surface area contributed by atoms with Crippen LogP contribution in [0.5, 0.6) is 11.5 Å². The van der Waals surface area contributed by atoms with Gasteiger partial charge in [-0.1, -0.05) is 15.9 Å². The molecule has 158 valence electrons. The van der Waals surface area contributed by atoms with Crippen LogP contribution >= 0.6 is 15.9 Å². The Morgan fingerprint density at radius 1 is 1.16 bits per heavy atom. The first kappa shape index (κ1) is 20.8. The van der Waals surface area contributed by atoms with Crippen LogP contribution in [0.15, 0.2) is 65.3 Å². The van der Waals surface area contributed by atoms with Gasteiger partial charge in [0, 0.05) is 23.1 Å². The highest BCUT2D eigenvalue weighted by Gasteiger charge is 2.17. The third-order valence-corrected chi connectivity index (χ3v) is 5.13. The summed E-state index contributed by atoms with van der Waals surface area (Å²) in [5.74, 6) is -0.0196. The first-order valence-corrected chi connectivity index (χ1v) is 10.3. The number of benzene rings is 2. The lowest BCUT2D eigenvalue weighted by Crippen LogP contribution is -2.48. The average molecular weight is 485 g/mol. The highest BCUT2D eigenvalue weighted by atomic mass is 79.9. The number of rotatable bonds is 5. The lowest BCUT2D eigenvalue weighted by molar-refractivity contribution is -0.120. The van der Waals surface area contributed by atoms with Gasteiger partial charge in [-0.05, 0) is 54.6 Å². The third-order valence-electron chi connectivity index (χ3n) is 4.60. The van der Waals surface area contributed by atoms with Crippen LogP contribution in [0.25, 0.3) is 0 Å². The van der Waals surface area contributed by atoms with Crippen molar-refractivity contribution in [1.82, 2.24) is 10.3 Å². The number of amides is 2. The van der Waals surface area contributed by atoms with Gasteiger partial charge in [0.15, 0.2) is 11.6 Å². The van der Waals surface area contributed by atoms with E-state index in [4.69, 9.17) is 4.74 Å². The number of carbonyl (C=O) groups excluding carboxylic acids is 2. The van der Waals surface area contributed by atoms with E-state index in [1.54, 1.807) is 36.4 Å². The van der Waals surface area contributed by atoms with Crippen LogP contribution < -0.4 is 20.3 Å². The van der Waals surface area contributed by atoms with Crippen LogP contribution in [-0.2, 0) is 4.79 Å². The number of nitrogens with zero attached hydrogens (tertiary/aromatic N) is 2. The number of anilines is 2. The lowest BCUT2D eigenvalue weighted by atomic mass is 10.2. The molecule has 1 saturated heterocycles. The van der Waals surface area contributed by atoms with Crippen LogP contribution in [0.4, 0.5) is 15.9 Å². The standard InChI is InChI=1S/C22H18BrFN4O3/c23-15-2-5-17(6-3-15)31-19-7-1-14(11-18(19)24)22(30)27-16-4-8-20(26-12-16)28-10-9-25-21(29)13-28/h1-8,11-12H,9-10,13H2,(H,25,29)(H,27,30). The van der Waals surface area contributed by atoms with Crippen molar-refractivity contribution >= 4 is 39.2 Å². The van der Waals surface area contributed by atoms with Crippen molar-refractivity contribution in [3.8, 4) is 11.5 Å². The number of nitrogens with one attached hydrogen (secondary N) is 2. The van der Waals surface area contributed by atoms with E-state index in [9.17, 15) is 14.0 Å². The van der Waals surface area contributed by atoms with Gasteiger partial charge in [-0.3, -0.25) is 9.59 Å². The Balaban J connectivity index is 1.40. The number of aromatic nitrogens is 1. The van der Waals surface area contributed by atoms with Gasteiger partial charge in [0.05, 0.1) is 18.4 Å². The quantitative estimate of drug-likeness (QED) is 0.572. The summed E-state index contributed by atoms with van der Waals surface area (Å²) >= 11 is 3.33. The van der Waals surface area contributed by atoms with Crippen molar-refractivity contribution in [3.63, 3.8) is 0 Å². The van der Waals surface area contributed by atoms with Gasteiger partial charge in [-0.2, -0.15) is 0 Å². The molecule has 0 aliphatic carbocycles. The topological polar surface area (TPSA) is 83.6 Å². The van der Waals surface area contributed by atoms with Crippen LogP contribution in [0.2, 0.25) is 0 Å². The Bertz CT molecular complexity index is 1110. The summed E-state index contributed by atoms with van der Waals surface area (Å²) in [6.45, 7) is 1.47. The molecule has 2 amide bonds. The normalized spacial score (nSPS) is 13.5. The maximum Gasteiger partial charge on any atom is 0.255 e. The summed E-state index contributed by atoms with van der Waals surface area (Å²) in [6, 6.07) is 14.4. The molecule has 0 bridgehead atoms. The van der Waals surface area contributed by atoms with Crippen molar-refractivity contribution in [1.29, 1.82) is 0 Å². The zero-order chi connectivity index (χ0) is 21.8. The summed E-state index contributed by atoms with van der Waals surface area (Å²) in [4.78, 5) is 30.1. The maximum atomic E-state index is 14.4. The van der Waals surface area contributed by atoms with Gasteiger partial charge in [0.1, 0.15) is 11.6 Å². The highest BCUT2D eigenvalue weighted by Crippen LogP contribution is 2.26. The molecule has 0 saturated carbocycles. The van der Waals surface area contributed by atoms with Gasteiger partial charge in [-0.15, -0.1) is 0 Å². The fourth-order valence-electron chi connectivity index (χ4n) is 3.04. The first-order valence-electron chi connectivity index (χ1n) is 9.50. The summed E-state index contributed by atoms with van der Waals surface area (Å²) < 4.78 is 20.9. The minimum Gasteiger partial charge on any atom is -0.454 e. The molecule has 1 aliphatic rings. The molecule has 1 aliphatic heterocycles. The minimum absolute atomic E-state index is 0.0236. The molecular weight excluding hydrogens is 467 g/mol. The molecule has 2 N–H and O–H groups in total. The number of hydrogen-bond acceptors (Lipinski definition) is 5. The monoisotopic (exact) mass is 484 g/mol. The summed E-state index contributed by atoms with van der Waals surface area (Å²) in [6.07, 6.45) is 1.50. The molecule has 0 radical (unpaired) electrons. The number of ether oxygens (including phenoxy) is 1. The molecule has 0 atom stereocenters. The van der Waals surface area contributed by atoms with Gasteiger partial charge < -0.3 is 20.3 Å². The first-order chi connectivity index (χ1) is 15.0. The fourth-order valence-corrected chi connectivity index (χ4v) is 3.30. The van der Waals surface area contributed by atoms with Crippen molar-refractivity contribution in [2.24, 2.45) is 0 Å². The molecule has 9 heteroatoms. The van der Waals surface area contributed by atoms with Gasteiger partial charge >= 0.3 is 0 Å². The highest BCUT2D eigenvalue weighted by molar-refractivity contribution is 9.10. The Labute approximate surface area is 186 Å². The van der Waals surface area contributed by atoms with Gasteiger partial charge in [-0.25, -0.2) is 9.37 Å². The van der Waals surface area contributed by atoms with Crippen LogP contribution in [0.1, 0.15) is 10.4 Å². The molecule has 4 rings (SSSR count). The van der Waals surface area contributed by atoms with E-state index in [1.807, 2.05) is 4.90 Å². The lowest BCUT2D eigenvalue weighted by Gasteiger charge is -2.27. The Morgan fingerprint density at radius 2 is 1.97 bits per heavy atom. The average Bonchev–Trinajstić information content (AvgIpc) is 2.77. The second-order valence-corrected chi connectivity index (χ2v) is 7.75. The zero-order valence-corrected chi connectivity index (χ0v) is 17.9. The molecule has 1 fully saturated rings. The fraction of sp³-hybridized carbons (Fsp3) is 0.136. The van der Waals surface area contributed by atoms with E-state index >= 15 is 0 Å². The number of carbonyl (C=O) groups is 2. The van der Waals surface area contributed by atoms with Crippen molar-refractivity contribution in [2.75, 3.05) is 29.9 Å². The summed E-state index contributed by atoms with van der Waals surface area (Å²) in [5, 5.41) is 5.44. The van der Waals surface area contributed by atoms with Crippen molar-refractivity contribution < 1.29 is 18.7 Å². The van der Waals surface area contributed by atoms with Crippen LogP contribution in [-0.4, -0.2) is 36.4 Å². The number of piperazine rings is 1. The molecular formula is C22H18BrFN4O3. The molecule has 2 heterocycles. The molecule has 31 heavy (non-hydrogen) atoms. The smallest absolute Gasteiger partial charge is 0.255 e. The van der Waals surface area contributed by atoms with Crippen molar-refractivity contribution in [3.05, 3.63) is 76.6 Å². The molecule has 3 aromatic rings. The molecule has 7 nitrogen and oxygen atoms in total. The Morgan fingerprint density at radius 3 is 2.65 bits per heavy atom. The maximum absolute atomic E-state index is 14.4. The van der Waals surface area contributed by atoms with Gasteiger partial charge in [0.25, 0.3) is 5.91 Å². The number of halogens is 2. The van der Waals surface area contributed by atoms with Crippen LogP contribution in [0.3, 0.4) is 0 Å². The molecule has 2 aromatic carbocycles. The van der Waals surface area contributed by atoms with Gasteiger partial charge in [0.2, 0.25) is 5.91 Å². The van der Waals surface area contributed by atoms with Crippen LogP contribution in [0, 0.1) is 5.82 Å². The Hall–Kier alpha value is -3.46.